The van der Waals surface area contributed by atoms with Gasteiger partial charge >= 0.3 is 0 Å². The van der Waals surface area contributed by atoms with Crippen LogP contribution in [0, 0.1) is 0 Å². The van der Waals surface area contributed by atoms with Crippen LogP contribution < -0.4 is 5.32 Å². The van der Waals surface area contributed by atoms with Gasteiger partial charge in [-0.1, -0.05) is 17.7 Å². The molecular formula is C18H18ClN3. The van der Waals surface area contributed by atoms with Crippen LogP contribution in [0.1, 0.15) is 17.0 Å². The Balaban J connectivity index is 1.76. The topological polar surface area (TPSA) is 29.9 Å². The Morgan fingerprint density at radius 3 is 3.05 bits per heavy atom. The van der Waals surface area contributed by atoms with Crippen LogP contribution in [0.15, 0.2) is 42.6 Å². The summed E-state index contributed by atoms with van der Waals surface area (Å²) < 4.78 is 2.45. The zero-order valence-corrected chi connectivity index (χ0v) is 13.1. The predicted molar refractivity (Wildman–Crippen MR) is 90.3 cm³/mol. The Morgan fingerprint density at radius 1 is 1.23 bits per heavy atom. The van der Waals surface area contributed by atoms with E-state index in [2.05, 4.69) is 39.1 Å². The first-order chi connectivity index (χ1) is 10.8. The van der Waals surface area contributed by atoms with Crippen LogP contribution in [0.4, 0.5) is 0 Å². The van der Waals surface area contributed by atoms with E-state index in [0.717, 1.165) is 43.2 Å². The fourth-order valence-corrected chi connectivity index (χ4v) is 3.55. The number of aromatic nitrogens is 2. The maximum Gasteiger partial charge on any atom is 0.0487 e. The minimum Gasteiger partial charge on any atom is -0.344 e. The van der Waals surface area contributed by atoms with Crippen LogP contribution in [-0.4, -0.2) is 16.1 Å². The van der Waals surface area contributed by atoms with Crippen molar-refractivity contribution in [2.75, 3.05) is 6.54 Å². The maximum atomic E-state index is 6.20. The van der Waals surface area contributed by atoms with Crippen LogP contribution >= 0.6 is 11.6 Å². The molecule has 0 aliphatic carbocycles. The van der Waals surface area contributed by atoms with Crippen LogP contribution in [-0.2, 0) is 25.9 Å². The highest BCUT2D eigenvalue weighted by molar-refractivity contribution is 6.31. The molecule has 0 saturated heterocycles. The second kappa shape index (κ2) is 5.75. The second-order valence-electron chi connectivity index (χ2n) is 5.74. The molecule has 1 aliphatic heterocycles. The Labute approximate surface area is 134 Å². The molecule has 22 heavy (non-hydrogen) atoms. The number of halogens is 1. The van der Waals surface area contributed by atoms with Gasteiger partial charge < -0.3 is 9.88 Å². The van der Waals surface area contributed by atoms with E-state index in [1.54, 1.807) is 0 Å². The van der Waals surface area contributed by atoms with Crippen molar-refractivity contribution in [3.05, 3.63) is 64.6 Å². The number of benzene rings is 1. The first-order valence-corrected chi connectivity index (χ1v) is 8.11. The molecule has 0 saturated carbocycles. The molecule has 3 nitrogen and oxygen atoms in total. The van der Waals surface area contributed by atoms with Crippen molar-refractivity contribution >= 4 is 22.5 Å². The van der Waals surface area contributed by atoms with Crippen molar-refractivity contribution in [1.82, 2.24) is 14.9 Å². The van der Waals surface area contributed by atoms with Gasteiger partial charge in [-0.05, 0) is 35.9 Å². The highest BCUT2D eigenvalue weighted by Gasteiger charge is 2.19. The van der Waals surface area contributed by atoms with Gasteiger partial charge in [0.05, 0.1) is 0 Å². The fourth-order valence-electron chi connectivity index (χ4n) is 3.38. The van der Waals surface area contributed by atoms with E-state index in [9.17, 15) is 0 Å². The number of nitrogens with one attached hydrogen (secondary N) is 1. The molecule has 3 aromatic rings. The van der Waals surface area contributed by atoms with E-state index in [0.29, 0.717) is 0 Å². The molecule has 4 heteroatoms. The van der Waals surface area contributed by atoms with Gasteiger partial charge in [0.25, 0.3) is 0 Å². The molecule has 3 heterocycles. The summed E-state index contributed by atoms with van der Waals surface area (Å²) in [6.45, 7) is 2.94. The predicted octanol–water partition coefficient (Wildman–Crippen LogP) is 3.58. The monoisotopic (exact) mass is 311 g/mol. The number of hydrogen-bond acceptors (Lipinski definition) is 2. The minimum absolute atomic E-state index is 0.808. The lowest BCUT2D eigenvalue weighted by atomic mass is 10.1. The summed E-state index contributed by atoms with van der Waals surface area (Å²) in [5.41, 5.74) is 5.28. The lowest BCUT2D eigenvalue weighted by molar-refractivity contribution is 0.592. The quantitative estimate of drug-likeness (QED) is 0.801. The van der Waals surface area contributed by atoms with Crippen LogP contribution in [0.25, 0.3) is 10.9 Å². The normalized spacial score (nSPS) is 14.2. The number of nitrogens with zero attached hydrogens (tertiary/aromatic N) is 2. The van der Waals surface area contributed by atoms with Crippen molar-refractivity contribution in [3.8, 4) is 0 Å². The number of hydrogen-bond donors (Lipinski definition) is 1. The van der Waals surface area contributed by atoms with Gasteiger partial charge in [-0.25, -0.2) is 0 Å². The van der Waals surface area contributed by atoms with Gasteiger partial charge in [0.15, 0.2) is 0 Å². The average molecular weight is 312 g/mol. The number of fused-ring (bicyclic) bond motifs is 3. The first kappa shape index (κ1) is 13.8. The van der Waals surface area contributed by atoms with E-state index >= 15 is 0 Å². The Hall–Kier alpha value is -1.84. The van der Waals surface area contributed by atoms with E-state index in [1.807, 2.05) is 18.3 Å². The van der Waals surface area contributed by atoms with Crippen LogP contribution in [0.3, 0.4) is 0 Å². The zero-order chi connectivity index (χ0) is 14.9. The minimum atomic E-state index is 0.808. The third-order valence-corrected chi connectivity index (χ3v) is 4.64. The molecule has 1 aromatic carbocycles. The molecule has 0 spiro atoms. The van der Waals surface area contributed by atoms with Crippen LogP contribution in [0.2, 0.25) is 5.02 Å². The van der Waals surface area contributed by atoms with E-state index in [1.165, 1.54) is 22.2 Å². The van der Waals surface area contributed by atoms with Crippen LogP contribution in [0.5, 0.6) is 0 Å². The Bertz CT molecular complexity index is 808. The molecule has 0 unspecified atom stereocenters. The molecule has 1 aliphatic rings. The van der Waals surface area contributed by atoms with E-state index in [-0.39, 0.29) is 0 Å². The third kappa shape index (κ3) is 2.40. The standard InChI is InChI=1S/C18H18ClN3/c19-13-4-5-17-15(11-13)16-12-20-9-6-18(16)22(17)10-7-14-3-1-2-8-21-14/h1-5,8,11,20H,6-7,9-10,12H2. The Kier molecular flexibility index (Phi) is 3.60. The summed E-state index contributed by atoms with van der Waals surface area (Å²) in [4.78, 5) is 4.44. The lowest BCUT2D eigenvalue weighted by Crippen LogP contribution is -2.24. The van der Waals surface area contributed by atoms with Gasteiger partial charge in [0.2, 0.25) is 0 Å². The summed E-state index contributed by atoms with van der Waals surface area (Å²) in [5, 5.41) is 5.57. The zero-order valence-electron chi connectivity index (χ0n) is 12.3. The van der Waals surface area contributed by atoms with Gasteiger partial charge in [-0.15, -0.1) is 0 Å². The summed E-state index contributed by atoms with van der Waals surface area (Å²) in [5.74, 6) is 0. The van der Waals surface area contributed by atoms with Gasteiger partial charge in [0.1, 0.15) is 0 Å². The molecular weight excluding hydrogens is 294 g/mol. The van der Waals surface area contributed by atoms with Crippen molar-refractivity contribution in [2.45, 2.75) is 25.9 Å². The third-order valence-electron chi connectivity index (χ3n) is 4.41. The summed E-state index contributed by atoms with van der Waals surface area (Å²) in [6, 6.07) is 12.3. The molecule has 2 aromatic heterocycles. The van der Waals surface area contributed by atoms with E-state index < -0.39 is 0 Å². The summed E-state index contributed by atoms with van der Waals surface area (Å²) >= 11 is 6.20. The average Bonchev–Trinajstić information content (AvgIpc) is 2.87. The smallest absolute Gasteiger partial charge is 0.0487 e. The number of aryl methyl sites for hydroxylation is 2. The van der Waals surface area contributed by atoms with Crippen molar-refractivity contribution < 1.29 is 0 Å². The number of pyridine rings is 1. The largest absolute Gasteiger partial charge is 0.344 e. The molecule has 112 valence electrons. The molecule has 0 bridgehead atoms. The highest BCUT2D eigenvalue weighted by atomic mass is 35.5. The summed E-state index contributed by atoms with van der Waals surface area (Å²) in [7, 11) is 0. The molecule has 1 N–H and O–H groups in total. The van der Waals surface area contributed by atoms with Crippen molar-refractivity contribution in [1.29, 1.82) is 0 Å². The molecule has 0 atom stereocenters. The van der Waals surface area contributed by atoms with E-state index in [4.69, 9.17) is 11.6 Å². The highest BCUT2D eigenvalue weighted by Crippen LogP contribution is 2.30. The molecule has 0 radical (unpaired) electrons. The van der Waals surface area contributed by atoms with Crippen molar-refractivity contribution in [2.24, 2.45) is 0 Å². The SMILES string of the molecule is Clc1ccc2c(c1)c1c(n2CCc2ccccn2)CCNC1. The molecule has 0 amide bonds. The second-order valence-corrected chi connectivity index (χ2v) is 6.17. The molecule has 0 fully saturated rings. The van der Waals surface area contributed by atoms with Gasteiger partial charge in [-0.2, -0.15) is 0 Å². The molecule has 4 rings (SSSR count). The first-order valence-electron chi connectivity index (χ1n) is 7.73. The van der Waals surface area contributed by atoms with Gasteiger partial charge in [0, 0.05) is 66.0 Å². The maximum absolute atomic E-state index is 6.20. The Morgan fingerprint density at radius 2 is 2.18 bits per heavy atom. The lowest BCUT2D eigenvalue weighted by Gasteiger charge is -2.17. The number of rotatable bonds is 3. The van der Waals surface area contributed by atoms with Crippen molar-refractivity contribution in [3.63, 3.8) is 0 Å². The van der Waals surface area contributed by atoms with Gasteiger partial charge in [-0.3, -0.25) is 4.98 Å². The summed E-state index contributed by atoms with van der Waals surface area (Å²) in [6.07, 6.45) is 3.89. The fraction of sp³-hybridized carbons (Fsp3) is 0.278.